The number of amides is 3. The van der Waals surface area contributed by atoms with Crippen molar-refractivity contribution in [2.24, 2.45) is 5.73 Å². The third-order valence-electron chi connectivity index (χ3n) is 5.42. The molecule has 0 atom stereocenters. The molecule has 4 rings (SSSR count). The first-order valence-electron chi connectivity index (χ1n) is 10.3. The minimum Gasteiger partial charge on any atom is -0.459 e. The number of primary amides is 1. The summed E-state index contributed by atoms with van der Waals surface area (Å²) in [5.74, 6) is -0.656. The molecule has 0 radical (unpaired) electrons. The molecule has 8 heteroatoms. The van der Waals surface area contributed by atoms with E-state index >= 15 is 0 Å². The maximum atomic E-state index is 13.0. The number of carbonyl (C=O) groups is 3. The lowest BCUT2D eigenvalue weighted by Crippen LogP contribution is -2.48. The van der Waals surface area contributed by atoms with Gasteiger partial charge in [-0.2, -0.15) is 0 Å². The zero-order chi connectivity index (χ0) is 22.5. The van der Waals surface area contributed by atoms with Gasteiger partial charge in [0, 0.05) is 49.5 Å². The lowest BCUT2D eigenvalue weighted by atomic mass is 10.1. The summed E-state index contributed by atoms with van der Waals surface area (Å²) in [6.45, 7) is 3.47. The van der Waals surface area contributed by atoms with Crippen LogP contribution in [0.3, 0.4) is 0 Å². The van der Waals surface area contributed by atoms with Crippen LogP contribution >= 0.6 is 0 Å². The van der Waals surface area contributed by atoms with Gasteiger partial charge in [0.2, 0.25) is 5.91 Å². The molecule has 1 aliphatic heterocycles. The highest BCUT2D eigenvalue weighted by Crippen LogP contribution is 2.16. The molecule has 0 bridgehead atoms. The fraction of sp³-hybridized carbons (Fsp3) is 0.208. The normalized spacial score (nSPS) is 14.2. The van der Waals surface area contributed by atoms with Gasteiger partial charge in [0.1, 0.15) is 0 Å². The maximum Gasteiger partial charge on any atom is 0.291 e. The molecule has 1 aliphatic rings. The number of nitrogens with two attached hydrogens (primary N) is 1. The summed E-state index contributed by atoms with van der Waals surface area (Å²) >= 11 is 0. The van der Waals surface area contributed by atoms with Crippen LogP contribution < -0.4 is 11.1 Å². The molecule has 3 aromatic rings. The first-order chi connectivity index (χ1) is 15.5. The first kappa shape index (κ1) is 21.3. The Labute approximate surface area is 185 Å². The van der Waals surface area contributed by atoms with Gasteiger partial charge in [0.25, 0.3) is 11.8 Å². The van der Waals surface area contributed by atoms with Crippen molar-refractivity contribution in [3.63, 3.8) is 0 Å². The zero-order valence-electron chi connectivity index (χ0n) is 17.5. The predicted molar refractivity (Wildman–Crippen MR) is 119 cm³/mol. The Morgan fingerprint density at radius 3 is 2.31 bits per heavy atom. The molecular formula is C24H24N4O4. The van der Waals surface area contributed by atoms with Gasteiger partial charge in [0.05, 0.1) is 6.26 Å². The van der Waals surface area contributed by atoms with Crippen LogP contribution in [0.25, 0.3) is 0 Å². The van der Waals surface area contributed by atoms with Crippen LogP contribution in [0.15, 0.2) is 71.3 Å². The lowest BCUT2D eigenvalue weighted by Gasteiger charge is -2.34. The van der Waals surface area contributed by atoms with Gasteiger partial charge in [-0.3, -0.25) is 19.3 Å². The van der Waals surface area contributed by atoms with Crippen molar-refractivity contribution in [1.82, 2.24) is 9.80 Å². The van der Waals surface area contributed by atoms with Gasteiger partial charge in [0.15, 0.2) is 5.76 Å². The van der Waals surface area contributed by atoms with Crippen LogP contribution in [0.5, 0.6) is 0 Å². The molecule has 164 valence electrons. The van der Waals surface area contributed by atoms with Crippen LogP contribution in [0, 0.1) is 0 Å². The van der Waals surface area contributed by atoms with Gasteiger partial charge in [-0.1, -0.05) is 18.2 Å². The standard InChI is InChI=1S/C24H24N4O4/c25-22(29)18-8-6-17(7-9-18)16-27-10-12-28(13-11-27)24(31)19-3-1-4-20(15-19)26-23(30)21-5-2-14-32-21/h1-9,14-15H,10-13,16H2,(H2,25,29)(H,26,30). The molecule has 0 saturated carbocycles. The molecule has 1 aromatic heterocycles. The van der Waals surface area contributed by atoms with E-state index in [1.54, 1.807) is 48.5 Å². The molecule has 0 aliphatic carbocycles. The third-order valence-corrected chi connectivity index (χ3v) is 5.42. The number of anilines is 1. The van der Waals surface area contributed by atoms with Crippen LogP contribution in [0.1, 0.15) is 36.8 Å². The number of piperazine rings is 1. The van der Waals surface area contributed by atoms with E-state index in [0.29, 0.717) is 29.9 Å². The van der Waals surface area contributed by atoms with Crippen LogP contribution in [-0.4, -0.2) is 53.7 Å². The highest BCUT2D eigenvalue weighted by molar-refractivity contribution is 6.03. The van der Waals surface area contributed by atoms with Crippen molar-refractivity contribution < 1.29 is 18.8 Å². The van der Waals surface area contributed by atoms with Crippen molar-refractivity contribution in [1.29, 1.82) is 0 Å². The molecule has 0 unspecified atom stereocenters. The summed E-state index contributed by atoms with van der Waals surface area (Å²) in [5.41, 5.74) is 7.93. The van der Waals surface area contributed by atoms with Crippen molar-refractivity contribution >= 4 is 23.4 Å². The summed E-state index contributed by atoms with van der Waals surface area (Å²) in [7, 11) is 0. The summed E-state index contributed by atoms with van der Waals surface area (Å²) in [6.07, 6.45) is 1.44. The molecule has 3 N–H and O–H groups in total. The number of hydrogen-bond donors (Lipinski definition) is 2. The maximum absolute atomic E-state index is 13.0. The quantitative estimate of drug-likeness (QED) is 0.622. The molecule has 1 saturated heterocycles. The Kier molecular flexibility index (Phi) is 6.32. The Balaban J connectivity index is 1.32. The van der Waals surface area contributed by atoms with E-state index in [0.717, 1.165) is 25.2 Å². The predicted octanol–water partition coefficient (Wildman–Crippen LogP) is 2.59. The van der Waals surface area contributed by atoms with Crippen molar-refractivity contribution in [2.45, 2.75) is 6.54 Å². The second-order valence-electron chi connectivity index (χ2n) is 7.64. The highest BCUT2D eigenvalue weighted by atomic mass is 16.3. The highest BCUT2D eigenvalue weighted by Gasteiger charge is 2.22. The van der Waals surface area contributed by atoms with E-state index in [-0.39, 0.29) is 17.6 Å². The van der Waals surface area contributed by atoms with Gasteiger partial charge in [-0.25, -0.2) is 0 Å². The average Bonchev–Trinajstić information content (AvgIpc) is 3.35. The molecule has 2 aromatic carbocycles. The summed E-state index contributed by atoms with van der Waals surface area (Å²) in [4.78, 5) is 40.4. The topological polar surface area (TPSA) is 109 Å². The molecule has 0 spiro atoms. The van der Waals surface area contributed by atoms with E-state index in [2.05, 4.69) is 10.2 Å². The van der Waals surface area contributed by atoms with Gasteiger partial charge < -0.3 is 20.4 Å². The molecular weight excluding hydrogens is 408 g/mol. The number of benzene rings is 2. The zero-order valence-corrected chi connectivity index (χ0v) is 17.5. The fourth-order valence-electron chi connectivity index (χ4n) is 3.65. The van der Waals surface area contributed by atoms with E-state index < -0.39 is 5.91 Å². The van der Waals surface area contributed by atoms with E-state index in [4.69, 9.17) is 10.2 Å². The first-order valence-corrected chi connectivity index (χ1v) is 10.3. The largest absolute Gasteiger partial charge is 0.459 e. The minimum absolute atomic E-state index is 0.0652. The van der Waals surface area contributed by atoms with Gasteiger partial charge in [-0.15, -0.1) is 0 Å². The van der Waals surface area contributed by atoms with E-state index in [1.807, 2.05) is 17.0 Å². The average molecular weight is 432 g/mol. The van der Waals surface area contributed by atoms with Crippen LogP contribution in [0.4, 0.5) is 5.69 Å². The Hall–Kier alpha value is -3.91. The summed E-state index contributed by atoms with van der Waals surface area (Å²) in [5, 5.41) is 2.75. The number of nitrogens with one attached hydrogen (secondary N) is 1. The second-order valence-corrected chi connectivity index (χ2v) is 7.64. The van der Waals surface area contributed by atoms with Crippen LogP contribution in [0.2, 0.25) is 0 Å². The lowest BCUT2D eigenvalue weighted by molar-refractivity contribution is 0.0628. The molecule has 2 heterocycles. The smallest absolute Gasteiger partial charge is 0.291 e. The second kappa shape index (κ2) is 9.49. The SMILES string of the molecule is NC(=O)c1ccc(CN2CCN(C(=O)c3cccc(NC(=O)c4ccco4)c3)CC2)cc1. The van der Waals surface area contributed by atoms with Gasteiger partial charge >= 0.3 is 0 Å². The van der Waals surface area contributed by atoms with Crippen LogP contribution in [-0.2, 0) is 6.54 Å². The molecule has 3 amide bonds. The third kappa shape index (κ3) is 5.04. The van der Waals surface area contributed by atoms with Crippen molar-refractivity contribution in [2.75, 3.05) is 31.5 Å². The number of rotatable bonds is 6. The molecule has 32 heavy (non-hydrogen) atoms. The van der Waals surface area contributed by atoms with Crippen molar-refractivity contribution in [3.05, 3.63) is 89.4 Å². The summed E-state index contributed by atoms with van der Waals surface area (Å²) < 4.78 is 5.10. The van der Waals surface area contributed by atoms with Crippen molar-refractivity contribution in [3.8, 4) is 0 Å². The Morgan fingerprint density at radius 1 is 0.906 bits per heavy atom. The number of hydrogen-bond acceptors (Lipinski definition) is 5. The number of nitrogens with zero attached hydrogens (tertiary/aromatic N) is 2. The number of furan rings is 1. The van der Waals surface area contributed by atoms with Gasteiger partial charge in [-0.05, 0) is 48.0 Å². The Bertz CT molecular complexity index is 1100. The fourth-order valence-corrected chi connectivity index (χ4v) is 3.65. The molecule has 8 nitrogen and oxygen atoms in total. The number of carbonyl (C=O) groups excluding carboxylic acids is 3. The van der Waals surface area contributed by atoms with E-state index in [1.165, 1.54) is 6.26 Å². The summed E-state index contributed by atoms with van der Waals surface area (Å²) in [6, 6.07) is 17.4. The minimum atomic E-state index is -0.437. The Morgan fingerprint density at radius 2 is 1.66 bits per heavy atom. The monoisotopic (exact) mass is 432 g/mol. The van der Waals surface area contributed by atoms with E-state index in [9.17, 15) is 14.4 Å². The molecule has 1 fully saturated rings.